The Kier molecular flexibility index (Phi) is 10.3. The molecule has 0 radical (unpaired) electrons. The zero-order valence-corrected chi connectivity index (χ0v) is 17.5. The van der Waals surface area contributed by atoms with Gasteiger partial charge in [0.25, 0.3) is 0 Å². The van der Waals surface area contributed by atoms with Crippen LogP contribution in [0.3, 0.4) is 0 Å². The molecule has 0 saturated heterocycles. The number of halogens is 1. The first-order valence-corrected chi connectivity index (χ1v) is 8.31. The van der Waals surface area contributed by atoms with E-state index in [1.165, 1.54) is 7.11 Å². The van der Waals surface area contributed by atoms with Crippen molar-refractivity contribution >= 4 is 47.7 Å². The molecule has 1 aromatic carbocycles. The molecule has 7 heteroatoms. The summed E-state index contributed by atoms with van der Waals surface area (Å²) in [5.41, 5.74) is 1.62. The van der Waals surface area contributed by atoms with E-state index in [1.807, 2.05) is 23.9 Å². The minimum atomic E-state index is -0.323. The van der Waals surface area contributed by atoms with Crippen LogP contribution in [0, 0.1) is 0 Å². The minimum absolute atomic E-state index is 0. The van der Waals surface area contributed by atoms with Crippen molar-refractivity contribution in [3.63, 3.8) is 0 Å². The van der Waals surface area contributed by atoms with Crippen molar-refractivity contribution in [3.05, 3.63) is 35.4 Å². The number of rotatable bonds is 6. The van der Waals surface area contributed by atoms with E-state index in [-0.39, 0.29) is 34.7 Å². The number of carbonyl (C=O) groups is 1. The van der Waals surface area contributed by atoms with Crippen LogP contribution >= 0.6 is 35.7 Å². The highest BCUT2D eigenvalue weighted by Gasteiger charge is 2.16. The summed E-state index contributed by atoms with van der Waals surface area (Å²) in [4.78, 5) is 15.6. The average molecular weight is 451 g/mol. The fourth-order valence-corrected chi connectivity index (χ4v) is 1.87. The highest BCUT2D eigenvalue weighted by Crippen LogP contribution is 2.19. The van der Waals surface area contributed by atoms with Gasteiger partial charge in [-0.15, -0.1) is 24.0 Å². The Morgan fingerprint density at radius 3 is 2.35 bits per heavy atom. The number of guanidine groups is 1. The molecule has 1 rings (SSSR count). The van der Waals surface area contributed by atoms with E-state index in [4.69, 9.17) is 0 Å². The molecule has 0 atom stereocenters. The normalized spacial score (nSPS) is 11.4. The van der Waals surface area contributed by atoms with E-state index < -0.39 is 0 Å². The molecule has 0 aliphatic rings. The second kappa shape index (κ2) is 10.7. The van der Waals surface area contributed by atoms with Crippen molar-refractivity contribution in [3.8, 4) is 0 Å². The fourth-order valence-electron chi connectivity index (χ4n) is 1.65. The summed E-state index contributed by atoms with van der Waals surface area (Å²) in [6.45, 7) is 5.84. The summed E-state index contributed by atoms with van der Waals surface area (Å²) in [5, 5.41) is 6.57. The van der Waals surface area contributed by atoms with Gasteiger partial charge in [-0.05, 0) is 37.8 Å². The third kappa shape index (κ3) is 7.92. The zero-order chi connectivity index (χ0) is 16.6. The van der Waals surface area contributed by atoms with Crippen molar-refractivity contribution in [2.75, 3.05) is 27.0 Å². The molecule has 0 fully saturated rings. The maximum Gasteiger partial charge on any atom is 0.337 e. The first-order chi connectivity index (χ1) is 10.4. The Balaban J connectivity index is 0.00000484. The lowest BCUT2D eigenvalue weighted by Gasteiger charge is -2.23. The predicted octanol–water partition coefficient (Wildman–Crippen LogP) is 2.90. The molecule has 130 valence electrons. The molecule has 0 amide bonds. The van der Waals surface area contributed by atoms with Gasteiger partial charge in [-0.2, -0.15) is 11.8 Å². The van der Waals surface area contributed by atoms with Gasteiger partial charge in [-0.1, -0.05) is 12.1 Å². The molecule has 0 saturated carbocycles. The molecule has 0 aliphatic heterocycles. The predicted molar refractivity (Wildman–Crippen MR) is 109 cm³/mol. The van der Waals surface area contributed by atoms with Crippen molar-refractivity contribution < 1.29 is 9.53 Å². The van der Waals surface area contributed by atoms with Crippen molar-refractivity contribution in [2.45, 2.75) is 25.1 Å². The summed E-state index contributed by atoms with van der Waals surface area (Å²) in [7, 11) is 3.13. The van der Waals surface area contributed by atoms with Crippen LogP contribution in [0.15, 0.2) is 29.3 Å². The highest BCUT2D eigenvalue weighted by molar-refractivity contribution is 14.0. The quantitative estimate of drug-likeness (QED) is 0.302. The lowest BCUT2D eigenvalue weighted by Crippen LogP contribution is -2.42. The Labute approximate surface area is 160 Å². The molecular formula is C16H26IN3O2S. The van der Waals surface area contributed by atoms with Crippen molar-refractivity contribution in [1.82, 2.24) is 10.6 Å². The number of thioether (sulfide) groups is 1. The van der Waals surface area contributed by atoms with Crippen LogP contribution in [-0.2, 0) is 11.3 Å². The third-order valence-corrected chi connectivity index (χ3v) is 4.54. The van der Waals surface area contributed by atoms with Gasteiger partial charge in [-0.25, -0.2) is 4.79 Å². The number of nitrogens with one attached hydrogen (secondary N) is 2. The number of esters is 1. The molecule has 2 N–H and O–H groups in total. The van der Waals surface area contributed by atoms with Gasteiger partial charge in [0.05, 0.1) is 12.7 Å². The van der Waals surface area contributed by atoms with Crippen LogP contribution in [0.25, 0.3) is 0 Å². The number of hydrogen-bond donors (Lipinski definition) is 2. The third-order valence-electron chi connectivity index (χ3n) is 3.29. The molecule has 5 nitrogen and oxygen atoms in total. The summed E-state index contributed by atoms with van der Waals surface area (Å²) in [5.74, 6) is 0.440. The Bertz CT molecular complexity index is 519. The minimum Gasteiger partial charge on any atom is -0.465 e. The van der Waals surface area contributed by atoms with Gasteiger partial charge in [-0.3, -0.25) is 4.99 Å². The van der Waals surface area contributed by atoms with Crippen molar-refractivity contribution in [2.24, 2.45) is 4.99 Å². The first-order valence-electron chi connectivity index (χ1n) is 7.09. The van der Waals surface area contributed by atoms with Crippen LogP contribution in [0.1, 0.15) is 29.8 Å². The Morgan fingerprint density at radius 2 is 1.87 bits per heavy atom. The van der Waals surface area contributed by atoms with Gasteiger partial charge in [0, 0.05) is 24.9 Å². The van der Waals surface area contributed by atoms with Crippen molar-refractivity contribution in [1.29, 1.82) is 0 Å². The topological polar surface area (TPSA) is 62.7 Å². The van der Waals surface area contributed by atoms with Gasteiger partial charge in [0.2, 0.25) is 0 Å². The van der Waals surface area contributed by atoms with Crippen LogP contribution in [-0.4, -0.2) is 43.6 Å². The molecule has 23 heavy (non-hydrogen) atoms. The Morgan fingerprint density at radius 1 is 1.26 bits per heavy atom. The fraction of sp³-hybridized carbons (Fsp3) is 0.500. The number of aliphatic imine (C=N–C) groups is 1. The molecule has 0 heterocycles. The molecule has 0 aromatic heterocycles. The van der Waals surface area contributed by atoms with E-state index in [0.717, 1.165) is 18.1 Å². The van der Waals surface area contributed by atoms with Crippen LogP contribution in [0.2, 0.25) is 0 Å². The Hall–Kier alpha value is -0.960. The van der Waals surface area contributed by atoms with E-state index >= 15 is 0 Å². The number of ether oxygens (including phenoxy) is 1. The molecular weight excluding hydrogens is 425 g/mol. The molecule has 0 spiro atoms. The van der Waals surface area contributed by atoms with Gasteiger partial charge < -0.3 is 15.4 Å². The van der Waals surface area contributed by atoms with E-state index in [2.05, 4.69) is 40.5 Å². The lowest BCUT2D eigenvalue weighted by atomic mass is 10.1. The maximum atomic E-state index is 11.4. The SMILES string of the molecule is CN=C(NCc1ccc(C(=O)OC)cc1)NCC(C)(C)SC.I. The average Bonchev–Trinajstić information content (AvgIpc) is 2.54. The smallest absolute Gasteiger partial charge is 0.337 e. The van der Waals surface area contributed by atoms with Crippen LogP contribution < -0.4 is 10.6 Å². The molecule has 0 bridgehead atoms. The standard InChI is InChI=1S/C16H25N3O2S.HI/c1-16(2,22-5)11-19-15(17-3)18-10-12-6-8-13(9-7-12)14(20)21-4;/h6-9H,10-11H2,1-5H3,(H2,17,18,19);1H. The monoisotopic (exact) mass is 451 g/mol. The van der Waals surface area contributed by atoms with Gasteiger partial charge in [0.15, 0.2) is 5.96 Å². The second-order valence-corrected chi connectivity index (χ2v) is 6.95. The number of methoxy groups -OCH3 is 1. The van der Waals surface area contributed by atoms with Gasteiger partial charge >= 0.3 is 5.97 Å². The van der Waals surface area contributed by atoms with E-state index in [9.17, 15) is 4.79 Å². The molecule has 0 aliphatic carbocycles. The molecule has 0 unspecified atom stereocenters. The van der Waals surface area contributed by atoms with E-state index in [0.29, 0.717) is 12.1 Å². The zero-order valence-electron chi connectivity index (χ0n) is 14.3. The summed E-state index contributed by atoms with van der Waals surface area (Å²) in [6, 6.07) is 7.32. The largest absolute Gasteiger partial charge is 0.465 e. The number of benzene rings is 1. The molecule has 1 aromatic rings. The number of carbonyl (C=O) groups excluding carboxylic acids is 1. The lowest BCUT2D eigenvalue weighted by molar-refractivity contribution is 0.0600. The van der Waals surface area contributed by atoms with E-state index in [1.54, 1.807) is 19.2 Å². The summed E-state index contributed by atoms with van der Waals surface area (Å²) >= 11 is 1.81. The first kappa shape index (κ1) is 22.0. The number of nitrogens with zero attached hydrogens (tertiary/aromatic N) is 1. The second-order valence-electron chi connectivity index (χ2n) is 5.43. The summed E-state index contributed by atoms with van der Waals surface area (Å²) in [6.07, 6.45) is 2.10. The van der Waals surface area contributed by atoms with Crippen LogP contribution in [0.5, 0.6) is 0 Å². The highest BCUT2D eigenvalue weighted by atomic mass is 127. The maximum absolute atomic E-state index is 11.4. The van der Waals surface area contributed by atoms with Gasteiger partial charge in [0.1, 0.15) is 0 Å². The van der Waals surface area contributed by atoms with Crippen LogP contribution in [0.4, 0.5) is 0 Å². The summed E-state index contributed by atoms with van der Waals surface area (Å²) < 4.78 is 4.83. The number of hydrogen-bond acceptors (Lipinski definition) is 4.